The third-order valence-corrected chi connectivity index (χ3v) is 3.08. The zero-order valence-corrected chi connectivity index (χ0v) is 9.89. The van der Waals surface area contributed by atoms with Gasteiger partial charge in [0.2, 0.25) is 0 Å². The van der Waals surface area contributed by atoms with E-state index in [1.807, 2.05) is 11.4 Å². The average molecular weight is 274 g/mol. The summed E-state index contributed by atoms with van der Waals surface area (Å²) in [6.07, 6.45) is -3.65. The van der Waals surface area contributed by atoms with Crippen LogP contribution in [-0.2, 0) is 6.54 Å². The van der Waals surface area contributed by atoms with Crippen molar-refractivity contribution >= 4 is 11.3 Å². The van der Waals surface area contributed by atoms with Crippen molar-refractivity contribution in [3.63, 3.8) is 0 Å². The van der Waals surface area contributed by atoms with E-state index in [2.05, 4.69) is 9.72 Å². The van der Waals surface area contributed by atoms with Gasteiger partial charge in [0, 0.05) is 22.4 Å². The summed E-state index contributed by atoms with van der Waals surface area (Å²) in [6, 6.07) is 4.57. The van der Waals surface area contributed by atoms with Gasteiger partial charge in [-0.1, -0.05) is 0 Å². The third kappa shape index (κ3) is 3.21. The van der Waals surface area contributed by atoms with Crippen LogP contribution < -0.4 is 10.5 Å². The van der Waals surface area contributed by atoms with Gasteiger partial charge >= 0.3 is 6.36 Å². The molecular weight excluding hydrogens is 265 g/mol. The van der Waals surface area contributed by atoms with Crippen molar-refractivity contribution in [1.82, 2.24) is 4.98 Å². The van der Waals surface area contributed by atoms with Crippen LogP contribution >= 0.6 is 11.3 Å². The fourth-order valence-corrected chi connectivity index (χ4v) is 2.13. The molecule has 0 aliphatic heterocycles. The lowest BCUT2D eigenvalue weighted by Crippen LogP contribution is -2.17. The van der Waals surface area contributed by atoms with E-state index in [9.17, 15) is 13.2 Å². The lowest BCUT2D eigenvalue weighted by Gasteiger charge is -2.08. The van der Waals surface area contributed by atoms with Gasteiger partial charge < -0.3 is 10.5 Å². The number of rotatable bonds is 3. The molecule has 0 aromatic carbocycles. The summed E-state index contributed by atoms with van der Waals surface area (Å²) in [5.41, 5.74) is 6.90. The Morgan fingerprint density at radius 1 is 1.33 bits per heavy atom. The van der Waals surface area contributed by atoms with Crippen LogP contribution in [0.1, 0.15) is 4.88 Å². The Balaban J connectivity index is 2.17. The molecule has 0 saturated heterocycles. The van der Waals surface area contributed by atoms with Gasteiger partial charge in [-0.2, -0.15) is 0 Å². The first kappa shape index (κ1) is 12.8. The van der Waals surface area contributed by atoms with Crippen LogP contribution in [0.2, 0.25) is 0 Å². The number of aromatic nitrogens is 1. The number of hydrogen-bond donors (Lipinski definition) is 1. The zero-order chi connectivity index (χ0) is 13.2. The molecule has 7 heteroatoms. The first-order chi connectivity index (χ1) is 8.48. The van der Waals surface area contributed by atoms with E-state index < -0.39 is 6.36 Å². The average Bonchev–Trinajstić information content (AvgIpc) is 2.76. The van der Waals surface area contributed by atoms with E-state index in [1.54, 1.807) is 0 Å². The summed E-state index contributed by atoms with van der Waals surface area (Å²) in [4.78, 5) is 4.91. The highest BCUT2D eigenvalue weighted by molar-refractivity contribution is 7.10. The van der Waals surface area contributed by atoms with Gasteiger partial charge in [0.15, 0.2) is 0 Å². The molecule has 2 aromatic heterocycles. The molecular formula is C11H9F3N2OS. The maximum atomic E-state index is 12.0. The number of alkyl halides is 3. The van der Waals surface area contributed by atoms with Crippen LogP contribution in [0.5, 0.6) is 5.75 Å². The number of pyridine rings is 1. The molecule has 0 aliphatic rings. The van der Waals surface area contributed by atoms with Crippen molar-refractivity contribution in [3.8, 4) is 17.0 Å². The predicted octanol–water partition coefficient (Wildman–Crippen LogP) is 3.17. The molecule has 96 valence electrons. The SMILES string of the molecule is NCc1cc(-c2ccc(OC(F)(F)F)cn2)cs1. The van der Waals surface area contributed by atoms with Crippen molar-refractivity contribution in [2.45, 2.75) is 12.9 Å². The van der Waals surface area contributed by atoms with E-state index in [-0.39, 0.29) is 5.75 Å². The highest BCUT2D eigenvalue weighted by atomic mass is 32.1. The van der Waals surface area contributed by atoms with Crippen LogP contribution in [0.3, 0.4) is 0 Å². The number of ether oxygens (including phenoxy) is 1. The van der Waals surface area contributed by atoms with Crippen molar-refractivity contribution in [2.75, 3.05) is 0 Å². The number of halogens is 3. The van der Waals surface area contributed by atoms with Crippen LogP contribution in [0.15, 0.2) is 29.8 Å². The lowest BCUT2D eigenvalue weighted by atomic mass is 10.2. The summed E-state index contributed by atoms with van der Waals surface area (Å²) in [5.74, 6) is -0.333. The highest BCUT2D eigenvalue weighted by Gasteiger charge is 2.31. The van der Waals surface area contributed by atoms with Gasteiger partial charge in [-0.25, -0.2) is 0 Å². The number of nitrogens with zero attached hydrogens (tertiary/aromatic N) is 1. The summed E-state index contributed by atoms with van der Waals surface area (Å²) >= 11 is 1.48. The fourth-order valence-electron chi connectivity index (χ4n) is 1.37. The molecule has 2 rings (SSSR count). The van der Waals surface area contributed by atoms with Crippen molar-refractivity contribution in [3.05, 3.63) is 34.7 Å². The molecule has 0 saturated carbocycles. The Labute approximate surface area is 105 Å². The minimum absolute atomic E-state index is 0.333. The molecule has 2 heterocycles. The first-order valence-corrected chi connectivity index (χ1v) is 5.85. The van der Waals surface area contributed by atoms with E-state index >= 15 is 0 Å². The molecule has 2 aromatic rings. The minimum atomic E-state index is -4.70. The van der Waals surface area contributed by atoms with Crippen molar-refractivity contribution in [2.24, 2.45) is 5.73 Å². The molecule has 0 unspecified atom stereocenters. The number of nitrogens with two attached hydrogens (primary N) is 1. The highest BCUT2D eigenvalue weighted by Crippen LogP contribution is 2.27. The van der Waals surface area contributed by atoms with Crippen molar-refractivity contribution < 1.29 is 17.9 Å². The normalized spacial score (nSPS) is 11.6. The second-order valence-electron chi connectivity index (χ2n) is 3.43. The Bertz CT molecular complexity index is 522. The summed E-state index contributed by atoms with van der Waals surface area (Å²) < 4.78 is 39.6. The Hall–Kier alpha value is -1.60. The van der Waals surface area contributed by atoms with Gasteiger partial charge in [-0.15, -0.1) is 24.5 Å². The maximum Gasteiger partial charge on any atom is 0.573 e. The molecule has 0 atom stereocenters. The summed E-state index contributed by atoms with van der Waals surface area (Å²) in [7, 11) is 0. The monoisotopic (exact) mass is 274 g/mol. The third-order valence-electron chi connectivity index (χ3n) is 2.12. The van der Waals surface area contributed by atoms with Crippen LogP contribution in [0.25, 0.3) is 11.3 Å². The molecule has 0 amide bonds. The fraction of sp³-hybridized carbons (Fsp3) is 0.182. The first-order valence-electron chi connectivity index (χ1n) is 4.97. The Morgan fingerprint density at radius 3 is 2.61 bits per heavy atom. The molecule has 18 heavy (non-hydrogen) atoms. The number of thiophene rings is 1. The van der Waals surface area contributed by atoms with Crippen LogP contribution in [0, 0.1) is 0 Å². The quantitative estimate of drug-likeness (QED) is 0.935. The van der Waals surface area contributed by atoms with Crippen LogP contribution in [-0.4, -0.2) is 11.3 Å². The summed E-state index contributed by atoms with van der Waals surface area (Å²) in [5, 5.41) is 1.86. The molecule has 0 aliphatic carbocycles. The maximum absolute atomic E-state index is 12.0. The van der Waals surface area contributed by atoms with Gasteiger partial charge in [0.1, 0.15) is 5.75 Å². The van der Waals surface area contributed by atoms with E-state index in [1.165, 1.54) is 23.5 Å². The summed E-state index contributed by atoms with van der Waals surface area (Å²) in [6.45, 7) is 0.430. The van der Waals surface area contributed by atoms with Gasteiger partial charge in [-0.3, -0.25) is 4.98 Å². The van der Waals surface area contributed by atoms with E-state index in [0.717, 1.165) is 16.6 Å². The standard InChI is InChI=1S/C11H9F3N2OS/c12-11(13,14)17-8-1-2-10(16-5-8)7-3-9(4-15)18-6-7/h1-3,5-6H,4,15H2. The van der Waals surface area contributed by atoms with Gasteiger partial charge in [0.25, 0.3) is 0 Å². The van der Waals surface area contributed by atoms with E-state index in [4.69, 9.17) is 5.73 Å². The van der Waals surface area contributed by atoms with E-state index in [0.29, 0.717) is 12.2 Å². The predicted molar refractivity (Wildman–Crippen MR) is 62.1 cm³/mol. The Kier molecular flexibility index (Phi) is 3.53. The number of hydrogen-bond acceptors (Lipinski definition) is 4. The zero-order valence-electron chi connectivity index (χ0n) is 9.07. The van der Waals surface area contributed by atoms with Gasteiger partial charge in [0.05, 0.1) is 11.9 Å². The second kappa shape index (κ2) is 4.95. The molecule has 0 spiro atoms. The largest absolute Gasteiger partial charge is 0.573 e. The second-order valence-corrected chi connectivity index (χ2v) is 4.43. The van der Waals surface area contributed by atoms with Gasteiger partial charge in [-0.05, 0) is 18.2 Å². The Morgan fingerprint density at radius 2 is 2.11 bits per heavy atom. The molecule has 0 radical (unpaired) electrons. The molecule has 0 bridgehead atoms. The lowest BCUT2D eigenvalue weighted by molar-refractivity contribution is -0.274. The minimum Gasteiger partial charge on any atom is -0.404 e. The smallest absolute Gasteiger partial charge is 0.404 e. The molecule has 2 N–H and O–H groups in total. The molecule has 0 fully saturated rings. The van der Waals surface area contributed by atoms with Crippen molar-refractivity contribution in [1.29, 1.82) is 0 Å². The molecule has 3 nitrogen and oxygen atoms in total. The van der Waals surface area contributed by atoms with Crippen LogP contribution in [0.4, 0.5) is 13.2 Å². The topological polar surface area (TPSA) is 48.1 Å².